The first kappa shape index (κ1) is 19.4. The monoisotopic (exact) mass is 400 g/mol. The third-order valence-electron chi connectivity index (χ3n) is 3.73. The number of nitro benzene ring substituents is 1. The standard InChI is InChI=1S/C18H16N4O5S/c1-11(28-18-21-20-17(27-18)12-6-4-3-5-7-12)16(23)19-14-10-13(22(24)25)8-9-15(14)26-2/h3-11H,1-2H3,(H,19,23)/t11-/m0/s1. The molecule has 0 saturated carbocycles. The van der Waals surface area contributed by atoms with Gasteiger partial charge in [0.1, 0.15) is 5.75 Å². The van der Waals surface area contributed by atoms with Gasteiger partial charge in [-0.25, -0.2) is 0 Å². The van der Waals surface area contributed by atoms with E-state index in [0.29, 0.717) is 11.6 Å². The van der Waals surface area contributed by atoms with Crippen LogP contribution in [0.4, 0.5) is 11.4 Å². The van der Waals surface area contributed by atoms with Gasteiger partial charge in [0.25, 0.3) is 10.9 Å². The summed E-state index contributed by atoms with van der Waals surface area (Å²) in [5.74, 6) is 0.291. The van der Waals surface area contributed by atoms with Crippen LogP contribution in [0, 0.1) is 10.1 Å². The largest absolute Gasteiger partial charge is 0.495 e. The van der Waals surface area contributed by atoms with Crippen LogP contribution in [0.3, 0.4) is 0 Å². The van der Waals surface area contributed by atoms with Gasteiger partial charge in [0.2, 0.25) is 11.8 Å². The second-order valence-electron chi connectivity index (χ2n) is 5.63. The molecular formula is C18H16N4O5S. The molecule has 9 nitrogen and oxygen atoms in total. The van der Waals surface area contributed by atoms with E-state index in [1.54, 1.807) is 6.92 Å². The predicted octanol–water partition coefficient (Wildman–Crippen LogP) is 3.77. The topological polar surface area (TPSA) is 120 Å². The highest BCUT2D eigenvalue weighted by Crippen LogP contribution is 2.31. The van der Waals surface area contributed by atoms with E-state index in [-0.39, 0.29) is 22.5 Å². The molecule has 2 aromatic carbocycles. The number of hydrogen-bond acceptors (Lipinski definition) is 8. The van der Waals surface area contributed by atoms with Crippen molar-refractivity contribution in [3.8, 4) is 17.2 Å². The normalized spacial score (nSPS) is 11.6. The molecule has 1 amide bonds. The smallest absolute Gasteiger partial charge is 0.277 e. The average molecular weight is 400 g/mol. The minimum absolute atomic E-state index is 0.152. The number of thioether (sulfide) groups is 1. The van der Waals surface area contributed by atoms with Crippen molar-refractivity contribution in [2.75, 3.05) is 12.4 Å². The summed E-state index contributed by atoms with van der Waals surface area (Å²) >= 11 is 1.08. The van der Waals surface area contributed by atoms with Gasteiger partial charge in [0.05, 0.1) is 23.0 Å². The Kier molecular flexibility index (Phi) is 5.90. The number of methoxy groups -OCH3 is 1. The molecule has 0 fully saturated rings. The third-order valence-corrected chi connectivity index (χ3v) is 4.66. The van der Waals surface area contributed by atoms with Crippen LogP contribution in [0.5, 0.6) is 5.75 Å². The van der Waals surface area contributed by atoms with Crippen LogP contribution < -0.4 is 10.1 Å². The molecular weight excluding hydrogens is 384 g/mol. The summed E-state index contributed by atoms with van der Waals surface area (Å²) in [4.78, 5) is 22.9. The maximum absolute atomic E-state index is 12.5. The maximum Gasteiger partial charge on any atom is 0.277 e. The van der Waals surface area contributed by atoms with Gasteiger partial charge >= 0.3 is 0 Å². The van der Waals surface area contributed by atoms with Crippen LogP contribution >= 0.6 is 11.8 Å². The Balaban J connectivity index is 1.69. The fraction of sp³-hybridized carbons (Fsp3) is 0.167. The highest BCUT2D eigenvalue weighted by molar-refractivity contribution is 8.00. The Bertz CT molecular complexity index is 993. The first-order chi connectivity index (χ1) is 13.5. The van der Waals surface area contributed by atoms with Gasteiger partial charge in [0, 0.05) is 17.7 Å². The number of nitrogens with zero attached hydrogens (tertiary/aromatic N) is 3. The average Bonchev–Trinajstić information content (AvgIpc) is 3.17. The first-order valence-electron chi connectivity index (χ1n) is 8.17. The van der Waals surface area contributed by atoms with Crippen LogP contribution in [0.25, 0.3) is 11.5 Å². The van der Waals surface area contributed by atoms with Gasteiger partial charge in [-0.3, -0.25) is 14.9 Å². The van der Waals surface area contributed by atoms with Crippen LogP contribution in [-0.2, 0) is 4.79 Å². The van der Waals surface area contributed by atoms with Crippen molar-refractivity contribution < 1.29 is 18.9 Å². The molecule has 28 heavy (non-hydrogen) atoms. The number of aromatic nitrogens is 2. The van der Waals surface area contributed by atoms with Crippen LogP contribution in [0.1, 0.15) is 6.92 Å². The number of rotatable bonds is 7. The Morgan fingerprint density at radius 1 is 1.25 bits per heavy atom. The molecule has 3 aromatic rings. The van der Waals surface area contributed by atoms with Gasteiger partial charge in [-0.2, -0.15) is 0 Å². The zero-order valence-corrected chi connectivity index (χ0v) is 15.8. The van der Waals surface area contributed by atoms with Gasteiger partial charge in [-0.1, -0.05) is 30.0 Å². The van der Waals surface area contributed by atoms with Crippen molar-refractivity contribution in [3.63, 3.8) is 0 Å². The van der Waals surface area contributed by atoms with Crippen LogP contribution in [0.15, 0.2) is 58.2 Å². The number of carbonyl (C=O) groups is 1. The van der Waals surface area contributed by atoms with Crippen LogP contribution in [0.2, 0.25) is 0 Å². The summed E-state index contributed by atoms with van der Waals surface area (Å²) < 4.78 is 10.7. The second kappa shape index (κ2) is 8.53. The molecule has 1 aromatic heterocycles. The van der Waals surface area contributed by atoms with E-state index in [1.807, 2.05) is 30.3 Å². The number of benzene rings is 2. The highest BCUT2D eigenvalue weighted by atomic mass is 32.2. The van der Waals surface area contributed by atoms with E-state index >= 15 is 0 Å². The summed E-state index contributed by atoms with van der Waals surface area (Å²) in [5, 5.41) is 21.2. The molecule has 1 atom stereocenters. The third kappa shape index (κ3) is 4.46. The zero-order valence-electron chi connectivity index (χ0n) is 15.0. The summed E-state index contributed by atoms with van der Waals surface area (Å²) in [6.45, 7) is 1.66. The molecule has 10 heteroatoms. The number of non-ortho nitro benzene ring substituents is 1. The summed E-state index contributed by atoms with van der Waals surface area (Å²) in [7, 11) is 1.42. The van der Waals surface area contributed by atoms with Gasteiger partial charge < -0.3 is 14.5 Å². The Labute approximate surface area is 164 Å². The van der Waals surface area contributed by atoms with E-state index in [9.17, 15) is 14.9 Å². The number of hydrogen-bond donors (Lipinski definition) is 1. The molecule has 0 spiro atoms. The highest BCUT2D eigenvalue weighted by Gasteiger charge is 2.21. The summed E-state index contributed by atoms with van der Waals surface area (Å²) in [6, 6.07) is 13.2. The Morgan fingerprint density at radius 2 is 2.00 bits per heavy atom. The SMILES string of the molecule is COc1ccc([N+](=O)[O-])cc1NC(=O)[C@H](C)Sc1nnc(-c2ccccc2)o1. The lowest BCUT2D eigenvalue weighted by Gasteiger charge is -2.12. The number of ether oxygens (including phenoxy) is 1. The lowest BCUT2D eigenvalue weighted by Crippen LogP contribution is -2.22. The van der Waals surface area contributed by atoms with E-state index in [2.05, 4.69) is 15.5 Å². The van der Waals surface area contributed by atoms with Gasteiger partial charge in [0.15, 0.2) is 0 Å². The van der Waals surface area contributed by atoms with Crippen molar-refractivity contribution >= 4 is 29.0 Å². The molecule has 0 bridgehead atoms. The Hall–Kier alpha value is -3.40. The van der Waals surface area contributed by atoms with E-state index in [0.717, 1.165) is 17.3 Å². The van der Waals surface area contributed by atoms with Gasteiger partial charge in [-0.05, 0) is 25.1 Å². The number of nitrogens with one attached hydrogen (secondary N) is 1. The van der Waals surface area contributed by atoms with E-state index in [4.69, 9.17) is 9.15 Å². The maximum atomic E-state index is 12.5. The molecule has 144 valence electrons. The number of nitro groups is 1. The molecule has 0 unspecified atom stereocenters. The van der Waals surface area contributed by atoms with Crippen LogP contribution in [-0.4, -0.2) is 33.4 Å². The lowest BCUT2D eigenvalue weighted by atomic mass is 10.2. The molecule has 1 N–H and O–H groups in total. The number of carbonyl (C=O) groups excluding carboxylic acids is 1. The molecule has 0 radical (unpaired) electrons. The lowest BCUT2D eigenvalue weighted by molar-refractivity contribution is -0.384. The fourth-order valence-electron chi connectivity index (χ4n) is 2.30. The van der Waals surface area contributed by atoms with Crippen molar-refractivity contribution in [1.82, 2.24) is 10.2 Å². The number of anilines is 1. The summed E-state index contributed by atoms with van der Waals surface area (Å²) in [6.07, 6.45) is 0. The second-order valence-corrected chi connectivity index (χ2v) is 6.92. The van der Waals surface area contributed by atoms with E-state index < -0.39 is 10.2 Å². The van der Waals surface area contributed by atoms with Gasteiger partial charge in [-0.15, -0.1) is 10.2 Å². The Morgan fingerprint density at radius 3 is 2.68 bits per heavy atom. The minimum Gasteiger partial charge on any atom is -0.495 e. The molecule has 3 rings (SSSR count). The molecule has 1 heterocycles. The zero-order chi connectivity index (χ0) is 20.1. The van der Waals surface area contributed by atoms with E-state index in [1.165, 1.54) is 25.3 Å². The predicted molar refractivity (Wildman–Crippen MR) is 103 cm³/mol. The number of amides is 1. The minimum atomic E-state index is -0.590. The summed E-state index contributed by atoms with van der Waals surface area (Å²) in [5.41, 5.74) is 0.839. The quantitative estimate of drug-likeness (QED) is 0.361. The van der Waals surface area contributed by atoms with Crippen molar-refractivity contribution in [2.24, 2.45) is 0 Å². The molecule has 0 aliphatic rings. The molecule has 0 aliphatic carbocycles. The molecule has 0 aliphatic heterocycles. The molecule has 0 saturated heterocycles. The fourth-order valence-corrected chi connectivity index (χ4v) is 2.98. The van der Waals surface area contributed by atoms with Crippen molar-refractivity contribution in [2.45, 2.75) is 17.4 Å². The van der Waals surface area contributed by atoms with Crippen molar-refractivity contribution in [1.29, 1.82) is 0 Å². The van der Waals surface area contributed by atoms with Crippen molar-refractivity contribution in [3.05, 3.63) is 58.6 Å². The first-order valence-corrected chi connectivity index (χ1v) is 9.04.